The molecule has 0 bridgehead atoms. The number of hydrogen-bond acceptors (Lipinski definition) is 3. The van der Waals surface area contributed by atoms with E-state index in [0.717, 1.165) is 57.0 Å². The lowest BCUT2D eigenvalue weighted by molar-refractivity contribution is -0.123. The Balaban J connectivity index is 1.37. The van der Waals surface area contributed by atoms with Crippen LogP contribution in [0.15, 0.2) is 24.3 Å². The molecule has 1 N–H and O–H groups in total. The lowest BCUT2D eigenvalue weighted by Gasteiger charge is -2.35. The highest BCUT2D eigenvalue weighted by Crippen LogP contribution is 2.23. The molecule has 2 unspecified atom stereocenters. The van der Waals surface area contributed by atoms with Crippen LogP contribution >= 0.6 is 0 Å². The maximum Gasteiger partial charge on any atom is 0.234 e. The molecule has 0 spiro atoms. The molecule has 4 nitrogen and oxygen atoms in total. The van der Waals surface area contributed by atoms with Gasteiger partial charge in [-0.15, -0.1) is 0 Å². The summed E-state index contributed by atoms with van der Waals surface area (Å²) in [6.07, 6.45) is 4.77. The third-order valence-electron chi connectivity index (χ3n) is 5.45. The van der Waals surface area contributed by atoms with Gasteiger partial charge in [0.15, 0.2) is 0 Å². The predicted octanol–water partition coefficient (Wildman–Crippen LogP) is 2.64. The highest BCUT2D eigenvalue weighted by Gasteiger charge is 2.23. The first-order chi connectivity index (χ1) is 12.1. The topological polar surface area (TPSA) is 35.6 Å². The lowest BCUT2D eigenvalue weighted by Crippen LogP contribution is -2.50. The van der Waals surface area contributed by atoms with Gasteiger partial charge in [-0.1, -0.05) is 31.9 Å². The van der Waals surface area contributed by atoms with Crippen LogP contribution in [0.5, 0.6) is 0 Å². The molecular formula is C20H30FN3O. The van der Waals surface area contributed by atoms with Gasteiger partial charge < -0.3 is 5.32 Å². The van der Waals surface area contributed by atoms with Gasteiger partial charge >= 0.3 is 0 Å². The third kappa shape index (κ3) is 5.79. The molecule has 1 amide bonds. The summed E-state index contributed by atoms with van der Waals surface area (Å²) in [5.74, 6) is 0.715. The van der Waals surface area contributed by atoms with Gasteiger partial charge in [-0.2, -0.15) is 0 Å². The Hall–Kier alpha value is -1.46. The van der Waals surface area contributed by atoms with E-state index in [-0.39, 0.29) is 11.7 Å². The Bertz CT molecular complexity index is 555. The van der Waals surface area contributed by atoms with E-state index in [0.29, 0.717) is 12.6 Å². The molecule has 2 atom stereocenters. The van der Waals surface area contributed by atoms with E-state index in [4.69, 9.17) is 0 Å². The molecule has 3 rings (SSSR count). The van der Waals surface area contributed by atoms with Gasteiger partial charge in [0, 0.05) is 38.8 Å². The Morgan fingerprint density at radius 3 is 2.48 bits per heavy atom. The number of halogens is 1. The fourth-order valence-corrected chi connectivity index (χ4v) is 4.00. The largest absolute Gasteiger partial charge is 0.352 e. The fraction of sp³-hybridized carbons (Fsp3) is 0.650. The van der Waals surface area contributed by atoms with Crippen LogP contribution in [0.25, 0.3) is 0 Å². The van der Waals surface area contributed by atoms with Crippen molar-refractivity contribution in [3.8, 4) is 0 Å². The van der Waals surface area contributed by atoms with Crippen LogP contribution in [-0.4, -0.2) is 54.5 Å². The molecule has 1 aromatic carbocycles. The second-order valence-electron chi connectivity index (χ2n) is 7.71. The molecule has 2 aliphatic rings. The summed E-state index contributed by atoms with van der Waals surface area (Å²) in [6, 6.07) is 7.10. The molecule has 1 heterocycles. The molecule has 5 heteroatoms. The summed E-state index contributed by atoms with van der Waals surface area (Å²) < 4.78 is 13.0. The summed E-state index contributed by atoms with van der Waals surface area (Å²) in [5, 5.41) is 3.22. The predicted molar refractivity (Wildman–Crippen MR) is 97.7 cm³/mol. The number of hydrogen-bond donors (Lipinski definition) is 1. The molecular weight excluding hydrogens is 317 g/mol. The van der Waals surface area contributed by atoms with E-state index in [1.54, 1.807) is 0 Å². The molecule has 138 valence electrons. The van der Waals surface area contributed by atoms with Crippen LogP contribution in [0.4, 0.5) is 4.39 Å². The fourth-order valence-electron chi connectivity index (χ4n) is 4.00. The molecule has 0 radical (unpaired) electrons. The Kier molecular flexibility index (Phi) is 6.43. The standard InChI is InChI=1S/C20H30FN3O/c1-16-3-2-4-19(13-16)22-20(25)15-24-11-9-23(10-12-24)14-17-5-7-18(21)8-6-17/h5-8,16,19H,2-4,9-15H2,1H3,(H,22,25). The molecule has 1 saturated heterocycles. The zero-order chi connectivity index (χ0) is 17.6. The monoisotopic (exact) mass is 347 g/mol. The summed E-state index contributed by atoms with van der Waals surface area (Å²) >= 11 is 0. The van der Waals surface area contributed by atoms with Crippen molar-refractivity contribution in [1.82, 2.24) is 15.1 Å². The number of carbonyl (C=O) groups is 1. The zero-order valence-corrected chi connectivity index (χ0v) is 15.2. The first kappa shape index (κ1) is 18.3. The van der Waals surface area contributed by atoms with E-state index in [1.165, 1.54) is 25.0 Å². The number of nitrogens with zero attached hydrogens (tertiary/aromatic N) is 2. The highest BCUT2D eigenvalue weighted by atomic mass is 19.1. The van der Waals surface area contributed by atoms with Crippen molar-refractivity contribution in [2.24, 2.45) is 5.92 Å². The van der Waals surface area contributed by atoms with Crippen LogP contribution in [0.2, 0.25) is 0 Å². The highest BCUT2D eigenvalue weighted by molar-refractivity contribution is 5.78. The number of piperazine rings is 1. The number of benzene rings is 1. The van der Waals surface area contributed by atoms with Crippen molar-refractivity contribution < 1.29 is 9.18 Å². The Morgan fingerprint density at radius 2 is 1.80 bits per heavy atom. The molecule has 0 aromatic heterocycles. The smallest absolute Gasteiger partial charge is 0.234 e. The summed E-state index contributed by atoms with van der Waals surface area (Å²) in [4.78, 5) is 16.9. The van der Waals surface area contributed by atoms with Crippen LogP contribution < -0.4 is 5.32 Å². The summed E-state index contributed by atoms with van der Waals surface area (Å²) in [6.45, 7) is 7.36. The molecule has 1 saturated carbocycles. The van der Waals surface area contributed by atoms with Gasteiger partial charge in [-0.05, 0) is 36.5 Å². The molecule has 1 aliphatic carbocycles. The van der Waals surface area contributed by atoms with Gasteiger partial charge in [0.2, 0.25) is 5.91 Å². The van der Waals surface area contributed by atoms with Crippen molar-refractivity contribution in [3.63, 3.8) is 0 Å². The normalized spacial score (nSPS) is 25.7. The van der Waals surface area contributed by atoms with Gasteiger partial charge in [-0.3, -0.25) is 14.6 Å². The number of amides is 1. The number of rotatable bonds is 5. The van der Waals surface area contributed by atoms with E-state index in [2.05, 4.69) is 22.0 Å². The van der Waals surface area contributed by atoms with Crippen molar-refractivity contribution >= 4 is 5.91 Å². The van der Waals surface area contributed by atoms with Crippen LogP contribution in [0.3, 0.4) is 0 Å². The Morgan fingerprint density at radius 1 is 1.12 bits per heavy atom. The van der Waals surface area contributed by atoms with Gasteiger partial charge in [0.05, 0.1) is 6.54 Å². The van der Waals surface area contributed by atoms with Gasteiger partial charge in [0.1, 0.15) is 5.82 Å². The Labute approximate surface area is 150 Å². The second kappa shape index (κ2) is 8.77. The molecule has 1 aliphatic heterocycles. The van der Waals surface area contributed by atoms with Crippen molar-refractivity contribution in [2.45, 2.75) is 45.2 Å². The third-order valence-corrected chi connectivity index (χ3v) is 5.45. The molecule has 2 fully saturated rings. The van der Waals surface area contributed by atoms with E-state index >= 15 is 0 Å². The SMILES string of the molecule is CC1CCCC(NC(=O)CN2CCN(Cc3ccc(F)cc3)CC2)C1. The van der Waals surface area contributed by atoms with Crippen LogP contribution in [0, 0.1) is 11.7 Å². The number of nitrogens with one attached hydrogen (secondary N) is 1. The number of carbonyl (C=O) groups excluding carboxylic acids is 1. The molecule has 25 heavy (non-hydrogen) atoms. The second-order valence-corrected chi connectivity index (χ2v) is 7.71. The van der Waals surface area contributed by atoms with Crippen LogP contribution in [-0.2, 0) is 11.3 Å². The lowest BCUT2D eigenvalue weighted by atomic mass is 9.87. The minimum absolute atomic E-state index is 0.172. The van der Waals surface area contributed by atoms with Gasteiger partial charge in [-0.25, -0.2) is 4.39 Å². The van der Waals surface area contributed by atoms with Crippen molar-refractivity contribution in [3.05, 3.63) is 35.6 Å². The van der Waals surface area contributed by atoms with Crippen molar-refractivity contribution in [1.29, 1.82) is 0 Å². The van der Waals surface area contributed by atoms with Gasteiger partial charge in [0.25, 0.3) is 0 Å². The molecule has 1 aromatic rings. The van der Waals surface area contributed by atoms with E-state index in [1.807, 2.05) is 12.1 Å². The first-order valence-electron chi connectivity index (χ1n) is 9.57. The maximum absolute atomic E-state index is 13.0. The summed E-state index contributed by atoms with van der Waals surface area (Å²) in [5.41, 5.74) is 1.14. The average molecular weight is 347 g/mol. The van der Waals surface area contributed by atoms with Crippen molar-refractivity contribution in [2.75, 3.05) is 32.7 Å². The summed E-state index contributed by atoms with van der Waals surface area (Å²) in [7, 11) is 0. The van der Waals surface area contributed by atoms with Crippen LogP contribution in [0.1, 0.15) is 38.2 Å². The minimum atomic E-state index is -0.188. The van der Waals surface area contributed by atoms with E-state index < -0.39 is 0 Å². The zero-order valence-electron chi connectivity index (χ0n) is 15.2. The quantitative estimate of drug-likeness (QED) is 0.889. The van der Waals surface area contributed by atoms with E-state index in [9.17, 15) is 9.18 Å². The maximum atomic E-state index is 13.0. The average Bonchev–Trinajstić information content (AvgIpc) is 2.59. The first-order valence-corrected chi connectivity index (χ1v) is 9.57. The minimum Gasteiger partial charge on any atom is -0.352 e.